The molecule has 278 valence electrons. The van der Waals surface area contributed by atoms with E-state index in [9.17, 15) is 8.42 Å². The van der Waals surface area contributed by atoms with Gasteiger partial charge < -0.3 is 0 Å². The molecule has 3 nitrogen and oxygen atoms in total. The van der Waals surface area contributed by atoms with Crippen molar-refractivity contribution in [2.75, 3.05) is 0 Å². The molecule has 0 aliphatic heterocycles. The zero-order valence-corrected chi connectivity index (χ0v) is 34.1. The molecule has 0 amide bonds. The van der Waals surface area contributed by atoms with Crippen molar-refractivity contribution in [3.63, 3.8) is 0 Å². The van der Waals surface area contributed by atoms with E-state index >= 15 is 0 Å². The van der Waals surface area contributed by atoms with Crippen molar-refractivity contribution < 1.29 is 8.42 Å². The maximum atomic E-state index is 14.2. The van der Waals surface area contributed by atoms with Crippen LogP contribution < -0.4 is 0 Å². The lowest BCUT2D eigenvalue weighted by molar-refractivity contribution is 0.401. The lowest BCUT2D eigenvalue weighted by Crippen LogP contribution is -2.25. The van der Waals surface area contributed by atoms with Gasteiger partial charge in [0, 0.05) is 30.6 Å². The van der Waals surface area contributed by atoms with E-state index in [-0.39, 0.29) is 5.41 Å². The molecule has 0 spiro atoms. The third-order valence-corrected chi connectivity index (χ3v) is 15.7. The highest BCUT2D eigenvalue weighted by atomic mass is 32.2. The number of thiophene rings is 2. The molecule has 8 aromatic rings. The van der Waals surface area contributed by atoms with Crippen molar-refractivity contribution in [2.24, 2.45) is 0 Å². The van der Waals surface area contributed by atoms with Crippen LogP contribution >= 0.6 is 22.7 Å². The third-order valence-electron chi connectivity index (χ3n) is 11.9. The van der Waals surface area contributed by atoms with E-state index in [2.05, 4.69) is 86.0 Å². The molecule has 0 N–H and O–H groups in total. The smallest absolute Gasteiger partial charge is 0.233 e. The van der Waals surface area contributed by atoms with Gasteiger partial charge >= 0.3 is 0 Å². The van der Waals surface area contributed by atoms with Crippen LogP contribution in [-0.2, 0) is 15.4 Å². The topological polar surface area (TPSA) is 39.1 Å². The lowest BCUT2D eigenvalue weighted by Gasteiger charge is -2.33. The average Bonchev–Trinajstić information content (AvgIpc) is 4.01. The van der Waals surface area contributed by atoms with Crippen LogP contribution in [0.15, 0.2) is 132 Å². The Hall–Kier alpha value is -4.49. The van der Waals surface area contributed by atoms with E-state index in [0.29, 0.717) is 15.9 Å². The average molecular weight is 778 g/mol. The Morgan fingerprint density at radius 3 is 1.89 bits per heavy atom. The van der Waals surface area contributed by atoms with Crippen LogP contribution in [0, 0.1) is 0 Å². The van der Waals surface area contributed by atoms with Gasteiger partial charge in [0.15, 0.2) is 0 Å². The Morgan fingerprint density at radius 2 is 1.24 bits per heavy atom. The van der Waals surface area contributed by atoms with Crippen LogP contribution in [0.5, 0.6) is 0 Å². The number of fused-ring (bicyclic) bond motifs is 7. The molecule has 1 aliphatic rings. The van der Waals surface area contributed by atoms with Crippen LogP contribution in [0.1, 0.15) is 89.2 Å². The van der Waals surface area contributed by atoms with E-state index in [1.807, 2.05) is 53.0 Å². The summed E-state index contributed by atoms with van der Waals surface area (Å²) >= 11 is 3.63. The molecule has 0 atom stereocenters. The first-order valence-electron chi connectivity index (χ1n) is 20.0. The molecular formula is C49H47NO2S3. The van der Waals surface area contributed by atoms with Crippen molar-refractivity contribution in [3.05, 3.63) is 138 Å². The van der Waals surface area contributed by atoms with Gasteiger partial charge in [0.25, 0.3) is 10.0 Å². The molecule has 0 unspecified atom stereocenters. The molecule has 3 aromatic heterocycles. The zero-order chi connectivity index (χ0) is 37.6. The van der Waals surface area contributed by atoms with Crippen LogP contribution in [0.2, 0.25) is 0 Å². The summed E-state index contributed by atoms with van der Waals surface area (Å²) in [7, 11) is -3.83. The summed E-state index contributed by atoms with van der Waals surface area (Å²) in [6, 6.07) is 42.1. The highest BCUT2D eigenvalue weighted by molar-refractivity contribution is 7.90. The second kappa shape index (κ2) is 14.9. The van der Waals surface area contributed by atoms with Crippen LogP contribution in [0.25, 0.3) is 63.9 Å². The molecule has 0 bridgehead atoms. The molecule has 0 fully saturated rings. The molecule has 5 aromatic carbocycles. The van der Waals surface area contributed by atoms with Crippen molar-refractivity contribution in [3.8, 4) is 32.0 Å². The van der Waals surface area contributed by atoms with E-state index < -0.39 is 10.0 Å². The summed E-state index contributed by atoms with van der Waals surface area (Å²) in [5.41, 5.74) is 9.76. The number of unbranched alkanes of at least 4 members (excludes halogenated alkanes) is 6. The van der Waals surface area contributed by atoms with Crippen molar-refractivity contribution in [1.29, 1.82) is 0 Å². The van der Waals surface area contributed by atoms with E-state index in [1.165, 1.54) is 107 Å². The third kappa shape index (κ3) is 6.27. The van der Waals surface area contributed by atoms with Crippen molar-refractivity contribution >= 4 is 64.6 Å². The van der Waals surface area contributed by atoms with Gasteiger partial charge in [0.1, 0.15) is 0 Å². The van der Waals surface area contributed by atoms with E-state index in [4.69, 9.17) is 0 Å². The van der Waals surface area contributed by atoms with Gasteiger partial charge in [-0.05, 0) is 112 Å². The fraction of sp³-hybridized carbons (Fsp3) is 0.265. The van der Waals surface area contributed by atoms with Gasteiger partial charge in [0.05, 0.1) is 15.9 Å². The standard InChI is InChI=1S/C49H47NO2S3/c1-3-5-7-14-26-49(27-15-8-6-4-2)42-29-34(46-21-16-28-53-46)22-24-38(42)39-25-23-35(30-43(39)49)47-32-36-31-45-41(33-48(36)54-47)40-19-12-13-20-44(40)50(45)55(51,52)37-17-10-9-11-18-37/h9-13,16-25,28-33H,3-8,14-15,26-27H2,1-2H3. The lowest BCUT2D eigenvalue weighted by atomic mass is 9.70. The first-order valence-corrected chi connectivity index (χ1v) is 23.2. The molecule has 9 rings (SSSR count). The van der Waals surface area contributed by atoms with Gasteiger partial charge in [-0.25, -0.2) is 12.4 Å². The maximum absolute atomic E-state index is 14.2. The minimum atomic E-state index is -3.83. The Morgan fingerprint density at radius 1 is 0.582 bits per heavy atom. The maximum Gasteiger partial charge on any atom is 0.268 e. The molecule has 0 saturated heterocycles. The zero-order valence-electron chi connectivity index (χ0n) is 31.7. The summed E-state index contributed by atoms with van der Waals surface area (Å²) < 4.78 is 31.2. The summed E-state index contributed by atoms with van der Waals surface area (Å²) in [4.78, 5) is 2.84. The molecule has 0 saturated carbocycles. The highest BCUT2D eigenvalue weighted by Crippen LogP contribution is 2.56. The minimum Gasteiger partial charge on any atom is -0.233 e. The SMILES string of the molecule is CCCCCCC1(CCCCCC)c2cc(-c3cccs3)ccc2-c2ccc(-c3cc4cc5c(cc4s3)c3ccccc3n5S(=O)(=O)c3ccccc3)cc21. The number of nitrogens with zero attached hydrogens (tertiary/aromatic N) is 1. The van der Waals surface area contributed by atoms with Gasteiger partial charge in [-0.15, -0.1) is 22.7 Å². The normalized spacial score (nSPS) is 13.6. The van der Waals surface area contributed by atoms with E-state index in [1.54, 1.807) is 28.2 Å². The number of hydrogen-bond acceptors (Lipinski definition) is 4. The summed E-state index contributed by atoms with van der Waals surface area (Å²) in [6.07, 6.45) is 12.4. The molecule has 55 heavy (non-hydrogen) atoms. The number of benzene rings is 5. The van der Waals surface area contributed by atoms with Gasteiger partial charge in [0.2, 0.25) is 0 Å². The second-order valence-corrected chi connectivity index (χ2v) is 19.1. The fourth-order valence-corrected chi connectivity index (χ4v) is 12.5. The molecular weight excluding hydrogens is 731 g/mol. The second-order valence-electron chi connectivity index (χ2n) is 15.3. The predicted octanol–water partition coefficient (Wildman–Crippen LogP) is 14.8. The molecule has 3 heterocycles. The van der Waals surface area contributed by atoms with Gasteiger partial charge in [-0.2, -0.15) is 0 Å². The molecule has 0 radical (unpaired) electrons. The quantitative estimate of drug-likeness (QED) is 0.103. The first-order chi connectivity index (χ1) is 26.9. The summed E-state index contributed by atoms with van der Waals surface area (Å²) in [6.45, 7) is 4.61. The van der Waals surface area contributed by atoms with Gasteiger partial charge in [-0.1, -0.05) is 132 Å². The predicted molar refractivity (Wildman–Crippen MR) is 236 cm³/mol. The monoisotopic (exact) mass is 777 g/mol. The van der Waals surface area contributed by atoms with Crippen LogP contribution in [0.3, 0.4) is 0 Å². The largest absolute Gasteiger partial charge is 0.268 e. The summed E-state index contributed by atoms with van der Waals surface area (Å²) in [5, 5.41) is 5.15. The Labute approximate surface area is 333 Å². The minimum absolute atomic E-state index is 0.0245. The van der Waals surface area contributed by atoms with Crippen LogP contribution in [-0.4, -0.2) is 12.4 Å². The van der Waals surface area contributed by atoms with E-state index in [0.717, 1.165) is 20.9 Å². The number of para-hydroxylation sites is 1. The van der Waals surface area contributed by atoms with Crippen molar-refractivity contribution in [1.82, 2.24) is 3.97 Å². The van der Waals surface area contributed by atoms with Crippen molar-refractivity contribution in [2.45, 2.75) is 88.4 Å². The number of rotatable bonds is 14. The number of hydrogen-bond donors (Lipinski definition) is 0. The fourth-order valence-electron chi connectivity index (χ4n) is 9.18. The molecule has 6 heteroatoms. The highest BCUT2D eigenvalue weighted by Gasteiger charge is 2.42. The first kappa shape index (κ1) is 36.2. The van der Waals surface area contributed by atoms with Crippen LogP contribution in [0.4, 0.5) is 0 Å². The number of aromatic nitrogens is 1. The Balaban J connectivity index is 1.19. The Bertz CT molecular complexity index is 2740. The van der Waals surface area contributed by atoms with Gasteiger partial charge in [-0.3, -0.25) is 0 Å². The molecule has 1 aliphatic carbocycles. The Kier molecular flexibility index (Phi) is 9.78. The summed E-state index contributed by atoms with van der Waals surface area (Å²) in [5.74, 6) is 0.